The van der Waals surface area contributed by atoms with Gasteiger partial charge >= 0.3 is 0 Å². The quantitative estimate of drug-likeness (QED) is 0.811. The van der Waals surface area contributed by atoms with Crippen LogP contribution in [0, 0.1) is 0 Å². The van der Waals surface area contributed by atoms with Crippen LogP contribution >= 0.6 is 0 Å². The molecule has 0 saturated carbocycles. The number of pyridine rings is 1. The minimum absolute atomic E-state index is 0.621. The molecule has 2 N–H and O–H groups in total. The molecular formula is C15H22N6. The van der Waals surface area contributed by atoms with Gasteiger partial charge in [0.1, 0.15) is 5.82 Å². The number of hydrogen-bond acceptors (Lipinski definition) is 6. The van der Waals surface area contributed by atoms with Crippen molar-refractivity contribution in [1.82, 2.24) is 19.9 Å². The Morgan fingerprint density at radius 1 is 1.10 bits per heavy atom. The van der Waals surface area contributed by atoms with Crippen LogP contribution in [0.5, 0.6) is 0 Å². The summed E-state index contributed by atoms with van der Waals surface area (Å²) in [5, 5.41) is 6.48. The van der Waals surface area contributed by atoms with Crippen LogP contribution in [-0.2, 0) is 0 Å². The Labute approximate surface area is 125 Å². The molecular weight excluding hydrogens is 264 g/mol. The van der Waals surface area contributed by atoms with Crippen molar-refractivity contribution in [1.29, 1.82) is 0 Å². The van der Waals surface area contributed by atoms with Crippen LogP contribution in [0.3, 0.4) is 0 Å². The number of nitrogens with zero attached hydrogens (tertiary/aromatic N) is 4. The van der Waals surface area contributed by atoms with Gasteiger partial charge in [-0.15, -0.1) is 0 Å². The Kier molecular flexibility index (Phi) is 5.45. The van der Waals surface area contributed by atoms with Crippen molar-refractivity contribution in [2.24, 2.45) is 0 Å². The van der Waals surface area contributed by atoms with E-state index >= 15 is 0 Å². The van der Waals surface area contributed by atoms with Crippen LogP contribution in [0.25, 0.3) is 11.4 Å². The van der Waals surface area contributed by atoms with Gasteiger partial charge < -0.3 is 15.5 Å². The lowest BCUT2D eigenvalue weighted by molar-refractivity contribution is 0.425. The van der Waals surface area contributed by atoms with Crippen LogP contribution in [0.15, 0.2) is 30.5 Å². The Morgan fingerprint density at radius 3 is 2.62 bits per heavy atom. The predicted molar refractivity (Wildman–Crippen MR) is 86.5 cm³/mol. The van der Waals surface area contributed by atoms with E-state index in [-0.39, 0.29) is 0 Å². The summed E-state index contributed by atoms with van der Waals surface area (Å²) in [6.45, 7) is 4.58. The average Bonchev–Trinajstić information content (AvgIpc) is 2.48. The van der Waals surface area contributed by atoms with Crippen molar-refractivity contribution in [3.05, 3.63) is 30.5 Å². The van der Waals surface area contributed by atoms with Gasteiger partial charge in [-0.05, 0) is 33.2 Å². The molecule has 2 rings (SSSR count). The Balaban J connectivity index is 2.22. The van der Waals surface area contributed by atoms with Crippen LogP contribution in [0.4, 0.5) is 11.8 Å². The molecule has 0 unspecified atom stereocenters. The lowest BCUT2D eigenvalue weighted by atomic mass is 10.2. The monoisotopic (exact) mass is 286 g/mol. The van der Waals surface area contributed by atoms with Crippen LogP contribution < -0.4 is 10.6 Å². The molecule has 6 nitrogen and oxygen atoms in total. The fourth-order valence-corrected chi connectivity index (χ4v) is 1.83. The van der Waals surface area contributed by atoms with E-state index in [1.54, 1.807) is 6.20 Å². The van der Waals surface area contributed by atoms with Gasteiger partial charge in [-0.1, -0.05) is 6.07 Å². The standard InChI is InChI=1S/C15H22N6/c1-4-16-14-11-13(12-7-5-6-8-17-12)19-15(20-14)18-9-10-21(2)3/h5-8,11H,4,9-10H2,1-3H3,(H2,16,18,19,20). The number of aromatic nitrogens is 3. The summed E-state index contributed by atoms with van der Waals surface area (Å²) in [7, 11) is 4.08. The summed E-state index contributed by atoms with van der Waals surface area (Å²) in [4.78, 5) is 15.5. The number of nitrogens with one attached hydrogen (secondary N) is 2. The maximum atomic E-state index is 4.54. The number of likely N-dealkylation sites (N-methyl/N-ethyl adjacent to an activating group) is 1. The third-order valence-electron chi connectivity index (χ3n) is 2.85. The molecule has 0 saturated heterocycles. The van der Waals surface area contributed by atoms with Crippen molar-refractivity contribution in [2.75, 3.05) is 44.4 Å². The summed E-state index contributed by atoms with van der Waals surface area (Å²) >= 11 is 0. The topological polar surface area (TPSA) is 66.0 Å². The van der Waals surface area contributed by atoms with E-state index in [4.69, 9.17) is 0 Å². The van der Waals surface area contributed by atoms with Crippen molar-refractivity contribution in [3.8, 4) is 11.4 Å². The zero-order chi connectivity index (χ0) is 15.1. The van der Waals surface area contributed by atoms with Crippen molar-refractivity contribution < 1.29 is 0 Å². The molecule has 0 aliphatic heterocycles. The van der Waals surface area contributed by atoms with Gasteiger partial charge in [0, 0.05) is 31.9 Å². The van der Waals surface area contributed by atoms with E-state index in [0.29, 0.717) is 5.95 Å². The first kappa shape index (κ1) is 15.2. The maximum absolute atomic E-state index is 4.54. The van der Waals surface area contributed by atoms with Gasteiger partial charge in [0.05, 0.1) is 11.4 Å². The smallest absolute Gasteiger partial charge is 0.225 e. The van der Waals surface area contributed by atoms with Crippen molar-refractivity contribution in [2.45, 2.75) is 6.92 Å². The fourth-order valence-electron chi connectivity index (χ4n) is 1.83. The van der Waals surface area contributed by atoms with Gasteiger partial charge in [0.15, 0.2) is 0 Å². The fraction of sp³-hybridized carbons (Fsp3) is 0.400. The van der Waals surface area contributed by atoms with Crippen LogP contribution in [0.2, 0.25) is 0 Å². The molecule has 0 aliphatic rings. The highest BCUT2D eigenvalue weighted by molar-refractivity contribution is 5.60. The maximum Gasteiger partial charge on any atom is 0.225 e. The molecule has 2 heterocycles. The molecule has 0 aliphatic carbocycles. The molecule has 0 fully saturated rings. The first-order chi connectivity index (χ1) is 10.2. The van der Waals surface area contributed by atoms with E-state index in [1.807, 2.05) is 45.3 Å². The Bertz CT molecular complexity index is 555. The molecule has 0 bridgehead atoms. The van der Waals surface area contributed by atoms with E-state index < -0.39 is 0 Å². The predicted octanol–water partition coefficient (Wildman–Crippen LogP) is 1.94. The molecule has 2 aromatic rings. The van der Waals surface area contributed by atoms with Gasteiger partial charge in [-0.2, -0.15) is 4.98 Å². The highest BCUT2D eigenvalue weighted by atomic mass is 15.2. The first-order valence-electron chi connectivity index (χ1n) is 7.12. The highest BCUT2D eigenvalue weighted by Gasteiger charge is 2.07. The van der Waals surface area contributed by atoms with Gasteiger partial charge in [0.25, 0.3) is 0 Å². The molecule has 0 aromatic carbocycles. The summed E-state index contributed by atoms with van der Waals surface area (Å²) in [5.41, 5.74) is 1.66. The minimum Gasteiger partial charge on any atom is -0.370 e. The second-order valence-corrected chi connectivity index (χ2v) is 4.94. The van der Waals surface area contributed by atoms with Gasteiger partial charge in [-0.3, -0.25) is 4.98 Å². The number of anilines is 2. The lowest BCUT2D eigenvalue weighted by Gasteiger charge is -2.12. The lowest BCUT2D eigenvalue weighted by Crippen LogP contribution is -2.21. The third-order valence-corrected chi connectivity index (χ3v) is 2.85. The van der Waals surface area contributed by atoms with E-state index in [0.717, 1.165) is 36.8 Å². The first-order valence-corrected chi connectivity index (χ1v) is 7.12. The zero-order valence-electron chi connectivity index (χ0n) is 12.8. The highest BCUT2D eigenvalue weighted by Crippen LogP contribution is 2.19. The van der Waals surface area contributed by atoms with Crippen LogP contribution in [-0.4, -0.2) is 53.6 Å². The van der Waals surface area contributed by atoms with Crippen LogP contribution in [0.1, 0.15) is 6.92 Å². The Morgan fingerprint density at radius 2 is 1.95 bits per heavy atom. The van der Waals surface area contributed by atoms with Crippen molar-refractivity contribution >= 4 is 11.8 Å². The molecule has 6 heteroatoms. The van der Waals surface area contributed by atoms with Gasteiger partial charge in [0.2, 0.25) is 5.95 Å². The summed E-state index contributed by atoms with van der Waals surface area (Å²) in [6, 6.07) is 7.72. The Hall–Kier alpha value is -2.21. The molecule has 0 amide bonds. The largest absolute Gasteiger partial charge is 0.370 e. The van der Waals surface area contributed by atoms with Gasteiger partial charge in [-0.25, -0.2) is 4.98 Å². The van der Waals surface area contributed by atoms with E-state index in [9.17, 15) is 0 Å². The molecule has 2 aromatic heterocycles. The molecule has 0 spiro atoms. The normalized spacial score (nSPS) is 10.7. The summed E-state index contributed by atoms with van der Waals surface area (Å²) in [6.07, 6.45) is 1.77. The SMILES string of the molecule is CCNc1cc(-c2ccccn2)nc(NCCN(C)C)n1. The third kappa shape index (κ3) is 4.68. The zero-order valence-corrected chi connectivity index (χ0v) is 12.8. The summed E-state index contributed by atoms with van der Waals surface area (Å²) < 4.78 is 0. The number of rotatable bonds is 7. The second-order valence-electron chi connectivity index (χ2n) is 4.94. The van der Waals surface area contributed by atoms with E-state index in [2.05, 4.69) is 30.5 Å². The molecule has 21 heavy (non-hydrogen) atoms. The average molecular weight is 286 g/mol. The van der Waals surface area contributed by atoms with Crippen molar-refractivity contribution in [3.63, 3.8) is 0 Å². The molecule has 0 radical (unpaired) electrons. The van der Waals surface area contributed by atoms with E-state index in [1.165, 1.54) is 0 Å². The second kappa shape index (κ2) is 7.54. The summed E-state index contributed by atoms with van der Waals surface area (Å²) in [5.74, 6) is 1.43. The molecule has 112 valence electrons. The molecule has 0 atom stereocenters. The number of hydrogen-bond donors (Lipinski definition) is 2. The minimum atomic E-state index is 0.621.